The average Bonchev–Trinajstić information content (AvgIpc) is 2.58. The third kappa shape index (κ3) is 6.27. The van der Waals surface area contributed by atoms with Crippen LogP contribution in [0.25, 0.3) is 0 Å². The van der Waals surface area contributed by atoms with Gasteiger partial charge >= 0.3 is 5.97 Å². The minimum Gasteiger partial charge on any atom is -0.462 e. The number of rotatable bonds is 7. The van der Waals surface area contributed by atoms with E-state index in [2.05, 4.69) is 5.32 Å². The van der Waals surface area contributed by atoms with E-state index in [1.54, 1.807) is 19.1 Å². The fourth-order valence-corrected chi connectivity index (χ4v) is 3.13. The smallest absolute Gasteiger partial charge is 0.338 e. The summed E-state index contributed by atoms with van der Waals surface area (Å²) in [5.74, 6) is 0.393. The van der Waals surface area contributed by atoms with Crippen molar-refractivity contribution < 1.29 is 14.3 Å². The molecule has 1 N–H and O–H groups in total. The molecule has 0 aliphatic heterocycles. The van der Waals surface area contributed by atoms with Crippen molar-refractivity contribution in [2.24, 2.45) is 0 Å². The first-order valence-electron chi connectivity index (χ1n) is 7.58. The molecule has 0 saturated carbocycles. The van der Waals surface area contributed by atoms with Gasteiger partial charge < -0.3 is 10.1 Å². The molecule has 25 heavy (non-hydrogen) atoms. The molecule has 2 aromatic carbocycles. The van der Waals surface area contributed by atoms with Crippen molar-refractivity contribution in [1.82, 2.24) is 0 Å². The third-order valence-electron chi connectivity index (χ3n) is 3.17. The van der Waals surface area contributed by atoms with E-state index < -0.39 is 5.97 Å². The van der Waals surface area contributed by atoms with E-state index in [9.17, 15) is 9.59 Å². The first-order chi connectivity index (χ1) is 12.0. The fraction of sp³-hybridized carbons (Fsp3) is 0.222. The lowest BCUT2D eigenvalue weighted by Gasteiger charge is -2.09. The SMILES string of the molecule is CCOC(=O)c1ccc(NC(=O)CSCc2ccc(Cl)cc2)c(Cl)c1. The summed E-state index contributed by atoms with van der Waals surface area (Å²) in [6.45, 7) is 2.02. The second-order valence-electron chi connectivity index (χ2n) is 5.08. The Morgan fingerprint density at radius 1 is 1.12 bits per heavy atom. The number of hydrogen-bond acceptors (Lipinski definition) is 4. The lowest BCUT2D eigenvalue weighted by Crippen LogP contribution is -2.15. The van der Waals surface area contributed by atoms with Gasteiger partial charge in [-0.3, -0.25) is 4.79 Å². The van der Waals surface area contributed by atoms with Crippen molar-refractivity contribution in [3.8, 4) is 0 Å². The van der Waals surface area contributed by atoms with Crippen LogP contribution in [0.3, 0.4) is 0 Å². The fourth-order valence-electron chi connectivity index (χ4n) is 1.99. The van der Waals surface area contributed by atoms with E-state index in [0.717, 1.165) is 5.56 Å². The van der Waals surface area contributed by atoms with Crippen LogP contribution in [0.2, 0.25) is 10.0 Å². The largest absolute Gasteiger partial charge is 0.462 e. The zero-order chi connectivity index (χ0) is 18.2. The topological polar surface area (TPSA) is 55.4 Å². The maximum atomic E-state index is 12.0. The van der Waals surface area contributed by atoms with Crippen molar-refractivity contribution in [2.45, 2.75) is 12.7 Å². The Bertz CT molecular complexity index is 750. The number of amides is 1. The van der Waals surface area contributed by atoms with Crippen molar-refractivity contribution in [1.29, 1.82) is 0 Å². The van der Waals surface area contributed by atoms with E-state index in [-0.39, 0.29) is 5.91 Å². The highest BCUT2D eigenvalue weighted by molar-refractivity contribution is 7.99. The van der Waals surface area contributed by atoms with Gasteiger partial charge in [0.25, 0.3) is 0 Å². The quantitative estimate of drug-likeness (QED) is 0.664. The van der Waals surface area contributed by atoms with Crippen LogP contribution in [-0.2, 0) is 15.3 Å². The third-order valence-corrected chi connectivity index (χ3v) is 4.74. The molecule has 0 spiro atoms. The highest BCUT2D eigenvalue weighted by Gasteiger charge is 2.11. The number of benzene rings is 2. The number of hydrogen-bond donors (Lipinski definition) is 1. The van der Waals surface area contributed by atoms with E-state index in [1.807, 2.05) is 24.3 Å². The molecular weight excluding hydrogens is 381 g/mol. The van der Waals surface area contributed by atoms with Gasteiger partial charge in [0.2, 0.25) is 5.91 Å². The molecule has 1 amide bonds. The molecule has 0 aromatic heterocycles. The van der Waals surface area contributed by atoms with Gasteiger partial charge in [-0.25, -0.2) is 4.79 Å². The number of carbonyl (C=O) groups excluding carboxylic acids is 2. The first-order valence-corrected chi connectivity index (χ1v) is 9.49. The zero-order valence-corrected chi connectivity index (χ0v) is 15.9. The van der Waals surface area contributed by atoms with E-state index in [4.69, 9.17) is 27.9 Å². The van der Waals surface area contributed by atoms with Gasteiger partial charge in [-0.1, -0.05) is 35.3 Å². The molecule has 4 nitrogen and oxygen atoms in total. The molecule has 0 fully saturated rings. The zero-order valence-electron chi connectivity index (χ0n) is 13.6. The van der Waals surface area contributed by atoms with Crippen molar-refractivity contribution >= 4 is 52.5 Å². The van der Waals surface area contributed by atoms with Crippen LogP contribution in [0.4, 0.5) is 5.69 Å². The Labute approximate surface area is 160 Å². The van der Waals surface area contributed by atoms with Gasteiger partial charge in [0.1, 0.15) is 0 Å². The summed E-state index contributed by atoms with van der Waals surface area (Å²) in [7, 11) is 0. The summed E-state index contributed by atoms with van der Waals surface area (Å²) < 4.78 is 4.91. The second-order valence-corrected chi connectivity index (χ2v) is 6.91. The van der Waals surface area contributed by atoms with Gasteiger partial charge in [-0.15, -0.1) is 11.8 Å². The molecule has 132 valence electrons. The van der Waals surface area contributed by atoms with Crippen molar-refractivity contribution in [2.75, 3.05) is 17.7 Å². The van der Waals surface area contributed by atoms with Gasteiger partial charge in [0.15, 0.2) is 0 Å². The number of anilines is 1. The molecular formula is C18H17Cl2NO3S. The van der Waals surface area contributed by atoms with Crippen molar-refractivity contribution in [3.63, 3.8) is 0 Å². The molecule has 0 aliphatic rings. The molecule has 0 atom stereocenters. The Kier molecular flexibility index (Phi) is 7.62. The predicted molar refractivity (Wildman–Crippen MR) is 104 cm³/mol. The Morgan fingerprint density at radius 2 is 1.84 bits per heavy atom. The summed E-state index contributed by atoms with van der Waals surface area (Å²) >= 11 is 13.4. The summed E-state index contributed by atoms with van der Waals surface area (Å²) in [4.78, 5) is 23.7. The summed E-state index contributed by atoms with van der Waals surface area (Å²) in [6.07, 6.45) is 0. The lowest BCUT2D eigenvalue weighted by molar-refractivity contribution is -0.113. The van der Waals surface area contributed by atoms with Crippen LogP contribution in [0.15, 0.2) is 42.5 Å². The van der Waals surface area contributed by atoms with E-state index in [0.29, 0.717) is 39.4 Å². The number of nitrogens with one attached hydrogen (secondary N) is 1. The maximum Gasteiger partial charge on any atom is 0.338 e. The highest BCUT2D eigenvalue weighted by Crippen LogP contribution is 2.24. The van der Waals surface area contributed by atoms with E-state index in [1.165, 1.54) is 17.8 Å². The minimum atomic E-state index is -0.444. The number of ether oxygens (including phenoxy) is 1. The molecule has 0 bridgehead atoms. The van der Waals surface area contributed by atoms with Gasteiger partial charge in [-0.05, 0) is 42.8 Å². The first kappa shape index (κ1) is 19.6. The Morgan fingerprint density at radius 3 is 2.48 bits per heavy atom. The predicted octanol–water partition coefficient (Wildman–Crippen LogP) is 5.04. The van der Waals surface area contributed by atoms with E-state index >= 15 is 0 Å². The molecule has 2 aromatic rings. The van der Waals surface area contributed by atoms with Crippen molar-refractivity contribution in [3.05, 3.63) is 63.6 Å². The summed E-state index contributed by atoms with van der Waals surface area (Å²) in [5.41, 5.74) is 1.91. The number of esters is 1. The minimum absolute atomic E-state index is 0.162. The number of carbonyl (C=O) groups is 2. The molecule has 0 radical (unpaired) electrons. The molecule has 0 unspecified atom stereocenters. The van der Waals surface area contributed by atoms with Crippen LogP contribution in [0.1, 0.15) is 22.8 Å². The van der Waals surface area contributed by atoms with Gasteiger partial charge in [-0.2, -0.15) is 0 Å². The highest BCUT2D eigenvalue weighted by atomic mass is 35.5. The second kappa shape index (κ2) is 9.70. The summed E-state index contributed by atoms with van der Waals surface area (Å²) in [5, 5.41) is 3.72. The normalized spacial score (nSPS) is 10.4. The molecule has 0 aliphatic carbocycles. The average molecular weight is 398 g/mol. The molecule has 0 heterocycles. The Hall–Kier alpha value is -1.69. The maximum absolute atomic E-state index is 12.0. The van der Waals surface area contributed by atoms with Crippen LogP contribution in [0, 0.1) is 0 Å². The summed E-state index contributed by atoms with van der Waals surface area (Å²) in [6, 6.07) is 12.1. The lowest BCUT2D eigenvalue weighted by atomic mass is 10.2. The van der Waals surface area contributed by atoms with Crippen LogP contribution in [-0.4, -0.2) is 24.2 Å². The molecule has 2 rings (SSSR count). The van der Waals surface area contributed by atoms with Crippen LogP contribution < -0.4 is 5.32 Å². The monoisotopic (exact) mass is 397 g/mol. The Balaban J connectivity index is 1.85. The number of halogens is 2. The molecule has 0 saturated heterocycles. The van der Waals surface area contributed by atoms with Gasteiger partial charge in [0, 0.05) is 10.8 Å². The number of thioether (sulfide) groups is 1. The van der Waals surface area contributed by atoms with Crippen LogP contribution >= 0.6 is 35.0 Å². The standard InChI is InChI=1S/C18H17Cl2NO3S/c1-2-24-18(23)13-5-8-16(15(20)9-13)21-17(22)11-25-10-12-3-6-14(19)7-4-12/h3-9H,2,10-11H2,1H3,(H,21,22). The van der Waals surface area contributed by atoms with Gasteiger partial charge in [0.05, 0.1) is 28.6 Å². The van der Waals surface area contributed by atoms with Crippen LogP contribution in [0.5, 0.6) is 0 Å². The molecule has 7 heteroatoms.